The minimum absolute atomic E-state index is 1.21. The van der Waals surface area contributed by atoms with Gasteiger partial charge in [0.2, 0.25) is 0 Å². The van der Waals surface area contributed by atoms with E-state index in [-0.39, 0.29) is 0 Å². The molecule has 0 bridgehead atoms. The Labute approximate surface area is 470 Å². The van der Waals surface area contributed by atoms with Crippen LogP contribution < -0.4 is 0 Å². The van der Waals surface area contributed by atoms with Crippen molar-refractivity contribution in [3.63, 3.8) is 0 Å². The molecule has 0 saturated heterocycles. The van der Waals surface area contributed by atoms with Crippen molar-refractivity contribution in [1.82, 2.24) is 0 Å². The quantitative estimate of drug-likeness (QED) is 0.0268. The third kappa shape index (κ3) is 20.2. The van der Waals surface area contributed by atoms with Gasteiger partial charge < -0.3 is 0 Å². The van der Waals surface area contributed by atoms with E-state index in [2.05, 4.69) is 130 Å². The predicted molar refractivity (Wildman–Crippen MR) is 346 cm³/mol. The zero-order chi connectivity index (χ0) is 54.3. The summed E-state index contributed by atoms with van der Waals surface area (Å²) >= 11 is 0. The maximum Gasteiger partial charge on any atom is -0.00701 e. The summed E-state index contributed by atoms with van der Waals surface area (Å²) in [7, 11) is 0. The van der Waals surface area contributed by atoms with E-state index in [1.807, 2.05) is 0 Å². The molecule has 0 atom stereocenters. The first kappa shape index (κ1) is 63.2. The first-order valence-electron chi connectivity index (χ1n) is 33.1. The highest BCUT2D eigenvalue weighted by atomic mass is 14.2. The molecule has 0 fully saturated rings. The summed E-state index contributed by atoms with van der Waals surface area (Å²) in [6.07, 6.45) is 51.7. The molecule has 0 nitrogen and oxygen atoms in total. The Morgan fingerprint density at radius 3 is 0.882 bits per heavy atom. The average Bonchev–Trinajstić information content (AvgIpc) is 3.41. The third-order valence-corrected chi connectivity index (χ3v) is 17.4. The summed E-state index contributed by atoms with van der Waals surface area (Å²) in [6.45, 7) is 23.1. The summed E-state index contributed by atoms with van der Waals surface area (Å²) in [6, 6.07) is 24.5. The molecule has 0 heterocycles. The molecule has 0 aromatic heterocycles. The lowest BCUT2D eigenvalue weighted by molar-refractivity contribution is 0.561. The number of benzene rings is 6. The molecule has 0 aliphatic rings. The predicted octanol–water partition coefficient (Wildman–Crippen LogP) is 25.2. The highest BCUT2D eigenvalue weighted by Gasteiger charge is 2.19. The largest absolute Gasteiger partial charge is 0.0654 e. The molecule has 0 unspecified atom stereocenters. The van der Waals surface area contributed by atoms with Crippen LogP contribution in [-0.4, -0.2) is 0 Å². The SMILES string of the molecule is CCCCCCCCCCCc1c(CCCCCCCCCCC)c2cc(C)cc(C)c2c2ccc(C)cc12.CCCCCCCCc1c(CCCCCCCC)c2cc(C)cc(CCCCC)c2c2ccc(C)cc12. The molecule has 0 aliphatic heterocycles. The van der Waals surface area contributed by atoms with Gasteiger partial charge in [-0.2, -0.15) is 0 Å². The highest BCUT2D eigenvalue weighted by molar-refractivity contribution is 6.13. The van der Waals surface area contributed by atoms with Gasteiger partial charge in [-0.25, -0.2) is 0 Å². The lowest BCUT2D eigenvalue weighted by atomic mass is 9.83. The van der Waals surface area contributed by atoms with Crippen LogP contribution in [-0.2, 0) is 32.1 Å². The lowest BCUT2D eigenvalue weighted by Crippen LogP contribution is -2.02. The fourth-order valence-electron chi connectivity index (χ4n) is 13.2. The van der Waals surface area contributed by atoms with Crippen molar-refractivity contribution in [1.29, 1.82) is 0 Å². The Balaban J connectivity index is 0.000000281. The third-order valence-electron chi connectivity index (χ3n) is 17.4. The molecule has 0 N–H and O–H groups in total. The Morgan fingerprint density at radius 2 is 0.500 bits per heavy atom. The van der Waals surface area contributed by atoms with Crippen LogP contribution in [0.2, 0.25) is 0 Å². The van der Waals surface area contributed by atoms with Gasteiger partial charge in [-0.15, -0.1) is 0 Å². The van der Waals surface area contributed by atoms with E-state index in [0.29, 0.717) is 0 Å². The standard InChI is InChI=1S/C39H60.C37H56/c1-6-8-10-12-14-16-18-20-22-24-34-35(25-23-21-19-17-15-13-11-9-7-2)38-30-32(4)28-33(5)39(38)36-27-26-31(3)29-37(34)36;1-6-9-12-14-16-19-22-32-33(23-20-17-15-13-10-7-2)36-28-30(5)26-31(21-18-11-8-3)37(36)34-25-24-29(4)27-35(32)34/h26-30H,6-25H2,1-5H3;24-28H,6-23H2,1-5H3. The van der Waals surface area contributed by atoms with E-state index in [0.717, 1.165) is 0 Å². The van der Waals surface area contributed by atoms with Crippen LogP contribution in [0, 0.1) is 34.6 Å². The summed E-state index contributed by atoms with van der Waals surface area (Å²) in [5, 5.41) is 12.3. The van der Waals surface area contributed by atoms with Gasteiger partial charge in [0.05, 0.1) is 0 Å². The maximum absolute atomic E-state index is 2.54. The first-order valence-corrected chi connectivity index (χ1v) is 33.1. The molecular weight excluding hydrogens is 913 g/mol. The van der Waals surface area contributed by atoms with Gasteiger partial charge in [0.15, 0.2) is 0 Å². The number of unbranched alkanes of at least 4 members (excludes halogenated alkanes) is 28. The number of aryl methyl sites for hydroxylation is 10. The molecule has 6 rings (SSSR count). The van der Waals surface area contributed by atoms with Crippen LogP contribution in [0.15, 0.2) is 60.7 Å². The summed E-state index contributed by atoms with van der Waals surface area (Å²) < 4.78 is 0. The van der Waals surface area contributed by atoms with E-state index >= 15 is 0 Å². The Kier molecular flexibility index (Phi) is 30.4. The summed E-state index contributed by atoms with van der Waals surface area (Å²) in [5.74, 6) is 0. The normalized spacial score (nSPS) is 11.7. The molecule has 0 spiro atoms. The maximum atomic E-state index is 2.54. The van der Waals surface area contributed by atoms with Crippen LogP contribution in [0.4, 0.5) is 0 Å². The topological polar surface area (TPSA) is 0 Å². The molecule has 76 heavy (non-hydrogen) atoms. The van der Waals surface area contributed by atoms with Crippen LogP contribution >= 0.6 is 0 Å². The van der Waals surface area contributed by atoms with Gasteiger partial charge in [0.25, 0.3) is 0 Å². The summed E-state index contributed by atoms with van der Waals surface area (Å²) in [4.78, 5) is 0. The molecule has 6 aromatic rings. The second-order valence-corrected chi connectivity index (χ2v) is 24.5. The fraction of sp³-hybridized carbons (Fsp3) is 0.632. The molecule has 0 radical (unpaired) electrons. The van der Waals surface area contributed by atoms with E-state index in [9.17, 15) is 0 Å². The smallest absolute Gasteiger partial charge is 0.00701 e. The minimum atomic E-state index is 1.21. The van der Waals surface area contributed by atoms with Crippen molar-refractivity contribution < 1.29 is 0 Å². The number of hydrogen-bond acceptors (Lipinski definition) is 0. The van der Waals surface area contributed by atoms with Gasteiger partial charge in [0, 0.05) is 0 Å². The van der Waals surface area contributed by atoms with Gasteiger partial charge in [-0.1, -0.05) is 297 Å². The number of hydrogen-bond donors (Lipinski definition) is 0. The molecule has 0 saturated carbocycles. The van der Waals surface area contributed by atoms with Crippen molar-refractivity contribution in [2.75, 3.05) is 0 Å². The molecule has 6 aromatic carbocycles. The number of fused-ring (bicyclic) bond motifs is 6. The van der Waals surface area contributed by atoms with E-state index in [4.69, 9.17) is 0 Å². The molecule has 0 heteroatoms. The van der Waals surface area contributed by atoms with Crippen molar-refractivity contribution in [2.45, 2.75) is 313 Å². The lowest BCUT2D eigenvalue weighted by Gasteiger charge is -2.21. The fourth-order valence-corrected chi connectivity index (χ4v) is 13.2. The zero-order valence-electron chi connectivity index (χ0n) is 51.6. The van der Waals surface area contributed by atoms with Gasteiger partial charge >= 0.3 is 0 Å². The van der Waals surface area contributed by atoms with Gasteiger partial charge in [-0.3, -0.25) is 0 Å². The number of rotatable bonds is 38. The van der Waals surface area contributed by atoms with Gasteiger partial charge in [0.1, 0.15) is 0 Å². The van der Waals surface area contributed by atoms with E-state index in [1.54, 1.807) is 54.7 Å². The Morgan fingerprint density at radius 1 is 0.224 bits per heavy atom. The second-order valence-electron chi connectivity index (χ2n) is 24.5. The monoisotopic (exact) mass is 1030 g/mol. The molecule has 0 amide bonds. The molecule has 420 valence electrons. The summed E-state index contributed by atoms with van der Waals surface area (Å²) in [5.41, 5.74) is 15.4. The van der Waals surface area contributed by atoms with Crippen molar-refractivity contribution >= 4 is 43.1 Å². The van der Waals surface area contributed by atoms with E-state index < -0.39 is 0 Å². The second kappa shape index (κ2) is 36.5. The van der Waals surface area contributed by atoms with Crippen molar-refractivity contribution in [2.24, 2.45) is 0 Å². The Hall–Kier alpha value is -3.64. The van der Waals surface area contributed by atoms with Crippen LogP contribution in [0.3, 0.4) is 0 Å². The van der Waals surface area contributed by atoms with Crippen LogP contribution in [0.5, 0.6) is 0 Å². The van der Waals surface area contributed by atoms with Crippen molar-refractivity contribution in [3.05, 3.63) is 116 Å². The van der Waals surface area contributed by atoms with Gasteiger partial charge in [-0.05, 0) is 175 Å². The Bertz CT molecular complexity index is 2560. The van der Waals surface area contributed by atoms with Crippen molar-refractivity contribution in [3.8, 4) is 0 Å². The molecule has 0 aliphatic carbocycles. The highest BCUT2D eigenvalue weighted by Crippen LogP contribution is 2.40. The minimum Gasteiger partial charge on any atom is -0.0654 e. The molecular formula is C76H116. The zero-order valence-corrected chi connectivity index (χ0v) is 51.6. The first-order chi connectivity index (χ1) is 37.2. The van der Waals surface area contributed by atoms with Crippen LogP contribution in [0.1, 0.15) is 302 Å². The average molecular weight is 1030 g/mol. The van der Waals surface area contributed by atoms with Crippen LogP contribution in [0.25, 0.3) is 43.1 Å². The van der Waals surface area contributed by atoms with E-state index in [1.165, 1.54) is 288 Å².